The Morgan fingerprint density at radius 2 is 1.68 bits per heavy atom. The summed E-state index contributed by atoms with van der Waals surface area (Å²) in [7, 11) is 0. The molecule has 5 aromatic rings. The van der Waals surface area contributed by atoms with E-state index >= 15 is 0 Å². The standard InChI is InChI=1S/C22H17N3/c1-14-11-20(24-13-15(14)2)16-7-8-17-18-5-3-4-6-21(18)25-10-9-23-22(25)19(17)12-16/h3-13H,1-2H3. The number of pyridine rings is 2. The van der Waals surface area contributed by atoms with Crippen molar-refractivity contribution in [1.82, 2.24) is 14.4 Å². The molecule has 0 atom stereocenters. The van der Waals surface area contributed by atoms with E-state index in [1.54, 1.807) is 0 Å². The zero-order valence-corrected chi connectivity index (χ0v) is 14.2. The molecule has 2 aromatic carbocycles. The first-order valence-corrected chi connectivity index (χ1v) is 8.43. The van der Waals surface area contributed by atoms with Crippen LogP contribution in [0.3, 0.4) is 0 Å². The number of rotatable bonds is 1. The van der Waals surface area contributed by atoms with Crippen LogP contribution in [0.15, 0.2) is 67.1 Å². The van der Waals surface area contributed by atoms with Crippen LogP contribution in [0, 0.1) is 13.8 Å². The number of para-hydroxylation sites is 1. The van der Waals surface area contributed by atoms with Crippen molar-refractivity contribution in [1.29, 1.82) is 0 Å². The zero-order chi connectivity index (χ0) is 17.0. The summed E-state index contributed by atoms with van der Waals surface area (Å²) in [5, 5.41) is 3.62. The molecule has 0 fully saturated rings. The van der Waals surface area contributed by atoms with Crippen molar-refractivity contribution in [2.24, 2.45) is 0 Å². The third-order valence-corrected chi connectivity index (χ3v) is 5.02. The lowest BCUT2D eigenvalue weighted by Gasteiger charge is -2.10. The van der Waals surface area contributed by atoms with Gasteiger partial charge in [-0.2, -0.15) is 0 Å². The molecule has 0 bridgehead atoms. The number of hydrogen-bond acceptors (Lipinski definition) is 2. The lowest BCUT2D eigenvalue weighted by Crippen LogP contribution is -1.92. The number of nitrogens with zero attached hydrogens (tertiary/aromatic N) is 3. The van der Waals surface area contributed by atoms with Gasteiger partial charge in [0.15, 0.2) is 0 Å². The molecular weight excluding hydrogens is 306 g/mol. The maximum atomic E-state index is 4.62. The molecule has 3 heterocycles. The fourth-order valence-electron chi connectivity index (χ4n) is 3.51. The van der Waals surface area contributed by atoms with E-state index in [0.717, 1.165) is 22.3 Å². The number of hydrogen-bond donors (Lipinski definition) is 0. The van der Waals surface area contributed by atoms with Gasteiger partial charge in [0.1, 0.15) is 5.65 Å². The highest BCUT2D eigenvalue weighted by Crippen LogP contribution is 2.32. The van der Waals surface area contributed by atoms with Crippen LogP contribution in [-0.2, 0) is 0 Å². The highest BCUT2D eigenvalue weighted by Gasteiger charge is 2.11. The van der Waals surface area contributed by atoms with Crippen molar-refractivity contribution >= 4 is 27.3 Å². The van der Waals surface area contributed by atoms with Gasteiger partial charge in [-0.15, -0.1) is 0 Å². The van der Waals surface area contributed by atoms with Gasteiger partial charge in [-0.1, -0.05) is 30.3 Å². The molecule has 0 N–H and O–H groups in total. The fourth-order valence-corrected chi connectivity index (χ4v) is 3.51. The molecule has 25 heavy (non-hydrogen) atoms. The van der Waals surface area contributed by atoms with Gasteiger partial charge in [-0.25, -0.2) is 4.98 Å². The van der Waals surface area contributed by atoms with Crippen LogP contribution in [0.4, 0.5) is 0 Å². The molecule has 0 spiro atoms. The normalized spacial score (nSPS) is 11.6. The number of aromatic nitrogens is 3. The maximum absolute atomic E-state index is 4.62. The Bertz CT molecular complexity index is 1260. The Morgan fingerprint density at radius 3 is 2.56 bits per heavy atom. The van der Waals surface area contributed by atoms with E-state index in [-0.39, 0.29) is 0 Å². The van der Waals surface area contributed by atoms with Crippen molar-refractivity contribution in [3.8, 4) is 11.3 Å². The predicted molar refractivity (Wildman–Crippen MR) is 103 cm³/mol. The van der Waals surface area contributed by atoms with Crippen LogP contribution < -0.4 is 0 Å². The highest BCUT2D eigenvalue weighted by atomic mass is 15.0. The molecular formula is C22H17N3. The average molecular weight is 323 g/mol. The van der Waals surface area contributed by atoms with Crippen molar-refractivity contribution < 1.29 is 0 Å². The summed E-state index contributed by atoms with van der Waals surface area (Å²) in [6.45, 7) is 4.22. The first-order valence-electron chi connectivity index (χ1n) is 8.43. The summed E-state index contributed by atoms with van der Waals surface area (Å²) < 4.78 is 2.16. The van der Waals surface area contributed by atoms with Crippen LogP contribution in [0.5, 0.6) is 0 Å². The van der Waals surface area contributed by atoms with E-state index < -0.39 is 0 Å². The minimum Gasteiger partial charge on any atom is -0.299 e. The largest absolute Gasteiger partial charge is 0.299 e. The molecule has 3 nitrogen and oxygen atoms in total. The second kappa shape index (κ2) is 5.15. The maximum Gasteiger partial charge on any atom is 0.145 e. The molecule has 3 heteroatoms. The van der Waals surface area contributed by atoms with E-state index in [1.165, 1.54) is 27.4 Å². The lowest BCUT2D eigenvalue weighted by atomic mass is 10.0. The number of imidazole rings is 1. The molecule has 0 radical (unpaired) electrons. The topological polar surface area (TPSA) is 30.2 Å². The first kappa shape index (κ1) is 14.2. The smallest absolute Gasteiger partial charge is 0.145 e. The molecule has 3 aromatic heterocycles. The second-order valence-electron chi connectivity index (χ2n) is 6.55. The van der Waals surface area contributed by atoms with E-state index in [2.05, 4.69) is 76.7 Å². The van der Waals surface area contributed by atoms with Gasteiger partial charge in [0.2, 0.25) is 0 Å². The molecule has 0 unspecified atom stereocenters. The molecule has 0 saturated heterocycles. The monoisotopic (exact) mass is 323 g/mol. The summed E-state index contributed by atoms with van der Waals surface area (Å²) in [6, 6.07) is 17.2. The Balaban J connectivity index is 1.88. The molecule has 120 valence electrons. The Hall–Kier alpha value is -3.20. The molecule has 0 aliphatic rings. The Kier molecular flexibility index (Phi) is 2.92. The summed E-state index contributed by atoms with van der Waals surface area (Å²) in [6.07, 6.45) is 5.83. The quantitative estimate of drug-likeness (QED) is 0.391. The van der Waals surface area contributed by atoms with Crippen LogP contribution in [0.25, 0.3) is 38.6 Å². The van der Waals surface area contributed by atoms with Gasteiger partial charge >= 0.3 is 0 Å². The van der Waals surface area contributed by atoms with Gasteiger partial charge in [0, 0.05) is 34.9 Å². The van der Waals surface area contributed by atoms with E-state index in [4.69, 9.17) is 0 Å². The molecule has 0 saturated carbocycles. The minimum atomic E-state index is 0.986. The predicted octanol–water partition coefficient (Wildman–Crippen LogP) is 5.32. The van der Waals surface area contributed by atoms with E-state index in [9.17, 15) is 0 Å². The van der Waals surface area contributed by atoms with Crippen LogP contribution in [0.1, 0.15) is 11.1 Å². The van der Waals surface area contributed by atoms with Gasteiger partial charge in [0.25, 0.3) is 0 Å². The van der Waals surface area contributed by atoms with Gasteiger partial charge in [-0.05, 0) is 48.6 Å². The van der Waals surface area contributed by atoms with Crippen LogP contribution >= 0.6 is 0 Å². The zero-order valence-electron chi connectivity index (χ0n) is 14.2. The second-order valence-corrected chi connectivity index (χ2v) is 6.55. The van der Waals surface area contributed by atoms with Crippen LogP contribution in [0.2, 0.25) is 0 Å². The summed E-state index contributed by atoms with van der Waals surface area (Å²) >= 11 is 0. The van der Waals surface area contributed by atoms with Crippen LogP contribution in [-0.4, -0.2) is 14.4 Å². The van der Waals surface area contributed by atoms with Crippen molar-refractivity contribution in [2.75, 3.05) is 0 Å². The molecule has 0 aliphatic heterocycles. The van der Waals surface area contributed by atoms with E-state index in [0.29, 0.717) is 0 Å². The third-order valence-electron chi connectivity index (χ3n) is 5.02. The number of aryl methyl sites for hydroxylation is 2. The van der Waals surface area contributed by atoms with Gasteiger partial charge < -0.3 is 0 Å². The average Bonchev–Trinajstić information content (AvgIpc) is 3.14. The fraction of sp³-hybridized carbons (Fsp3) is 0.0909. The molecule has 0 amide bonds. The summed E-state index contributed by atoms with van der Waals surface area (Å²) in [4.78, 5) is 9.22. The highest BCUT2D eigenvalue weighted by molar-refractivity contribution is 6.12. The summed E-state index contributed by atoms with van der Waals surface area (Å²) in [5.41, 5.74) is 6.76. The SMILES string of the molecule is Cc1cnc(-c2ccc3c4ccccc4n4ccnc4c3c2)cc1C. The van der Waals surface area contributed by atoms with Crippen molar-refractivity contribution in [3.63, 3.8) is 0 Å². The van der Waals surface area contributed by atoms with Crippen molar-refractivity contribution in [2.45, 2.75) is 13.8 Å². The number of fused-ring (bicyclic) bond motifs is 6. The summed E-state index contributed by atoms with van der Waals surface area (Å²) in [5.74, 6) is 0. The van der Waals surface area contributed by atoms with Gasteiger partial charge in [0.05, 0.1) is 11.2 Å². The Morgan fingerprint density at radius 1 is 0.800 bits per heavy atom. The molecule has 5 rings (SSSR count). The van der Waals surface area contributed by atoms with Gasteiger partial charge in [-0.3, -0.25) is 9.38 Å². The number of benzene rings is 2. The lowest BCUT2D eigenvalue weighted by molar-refractivity contribution is 1.22. The van der Waals surface area contributed by atoms with Crippen molar-refractivity contribution in [3.05, 3.63) is 78.2 Å². The molecule has 0 aliphatic carbocycles. The Labute approximate surface area is 145 Å². The first-order chi connectivity index (χ1) is 12.2. The minimum absolute atomic E-state index is 0.986. The van der Waals surface area contributed by atoms with E-state index in [1.807, 2.05) is 18.6 Å². The third kappa shape index (κ3) is 2.06.